The fourth-order valence-electron chi connectivity index (χ4n) is 1.44. The van der Waals surface area contributed by atoms with E-state index >= 15 is 0 Å². The lowest BCUT2D eigenvalue weighted by Crippen LogP contribution is -2.36. The van der Waals surface area contributed by atoms with Gasteiger partial charge in [0.15, 0.2) is 0 Å². The molecule has 2 rings (SSSR count). The molecule has 1 aromatic heterocycles. The van der Waals surface area contributed by atoms with Crippen LogP contribution in [-0.2, 0) is 4.74 Å². The molecule has 5 heteroatoms. The lowest BCUT2D eigenvalue weighted by atomic mass is 10.3. The molecule has 0 bridgehead atoms. The maximum atomic E-state index is 5.52. The Morgan fingerprint density at radius 3 is 2.93 bits per heavy atom. The molecule has 2 heterocycles. The molecule has 4 nitrogen and oxygen atoms in total. The number of anilines is 2. The van der Waals surface area contributed by atoms with Gasteiger partial charge in [0, 0.05) is 37.1 Å². The summed E-state index contributed by atoms with van der Waals surface area (Å²) in [4.78, 5) is 9.05. The number of aromatic nitrogens is 1. The van der Waals surface area contributed by atoms with Gasteiger partial charge in [-0.1, -0.05) is 0 Å². The van der Waals surface area contributed by atoms with Crippen molar-refractivity contribution in [2.24, 2.45) is 0 Å². The molecule has 0 aromatic carbocycles. The Hall–Kier alpha value is -1.00. The van der Waals surface area contributed by atoms with E-state index in [4.69, 9.17) is 16.5 Å². The molecule has 1 saturated heterocycles. The molecule has 0 spiro atoms. The van der Waals surface area contributed by atoms with E-state index < -0.39 is 0 Å². The first-order chi connectivity index (χ1) is 6.90. The molecule has 0 radical (unpaired) electrons. The zero-order chi connectivity index (χ0) is 9.80. The van der Waals surface area contributed by atoms with Gasteiger partial charge in [-0.3, -0.25) is 4.84 Å². The van der Waals surface area contributed by atoms with Crippen molar-refractivity contribution in [1.29, 1.82) is 0 Å². The minimum absolute atomic E-state index is 0.764. The van der Waals surface area contributed by atoms with E-state index in [1.54, 1.807) is 6.20 Å². The van der Waals surface area contributed by atoms with Crippen LogP contribution in [0.2, 0.25) is 0 Å². The van der Waals surface area contributed by atoms with E-state index in [1.165, 1.54) is 0 Å². The quantitative estimate of drug-likeness (QED) is 0.756. The maximum Gasteiger partial charge on any atom is 0.130 e. The van der Waals surface area contributed by atoms with Gasteiger partial charge >= 0.3 is 0 Å². The van der Waals surface area contributed by atoms with Crippen LogP contribution in [0.15, 0.2) is 18.3 Å². The van der Waals surface area contributed by atoms with Gasteiger partial charge in [0.1, 0.15) is 5.82 Å². The Morgan fingerprint density at radius 2 is 2.21 bits per heavy atom. The van der Waals surface area contributed by atoms with E-state index in [1.807, 2.05) is 12.1 Å². The van der Waals surface area contributed by atoms with Gasteiger partial charge in [0.25, 0.3) is 0 Å². The molecule has 1 N–H and O–H groups in total. The molecule has 0 aliphatic carbocycles. The van der Waals surface area contributed by atoms with Gasteiger partial charge < -0.3 is 9.64 Å². The molecule has 14 heavy (non-hydrogen) atoms. The Bertz CT molecular complexity index is 302. The van der Waals surface area contributed by atoms with Crippen molar-refractivity contribution in [2.45, 2.75) is 0 Å². The highest BCUT2D eigenvalue weighted by Gasteiger charge is 2.12. The molecule has 0 unspecified atom stereocenters. The predicted molar refractivity (Wildman–Crippen MR) is 56.7 cm³/mol. The summed E-state index contributed by atoms with van der Waals surface area (Å²) in [5.41, 5.74) is 0.864. The summed E-state index contributed by atoms with van der Waals surface area (Å²) in [6.07, 6.45) is 1.75. The molecular formula is C9H12ClN3O. The van der Waals surface area contributed by atoms with Gasteiger partial charge in [-0.2, -0.15) is 0 Å². The van der Waals surface area contributed by atoms with Crippen molar-refractivity contribution in [3.05, 3.63) is 18.3 Å². The van der Waals surface area contributed by atoms with E-state index in [9.17, 15) is 0 Å². The van der Waals surface area contributed by atoms with Crippen molar-refractivity contribution >= 4 is 23.3 Å². The first-order valence-corrected chi connectivity index (χ1v) is 4.93. The zero-order valence-corrected chi connectivity index (χ0v) is 8.50. The average molecular weight is 214 g/mol. The summed E-state index contributed by atoms with van der Waals surface area (Å²) < 4.78 is 5.27. The topological polar surface area (TPSA) is 37.4 Å². The van der Waals surface area contributed by atoms with E-state index in [0.29, 0.717) is 0 Å². The predicted octanol–water partition coefficient (Wildman–Crippen LogP) is 1.48. The Kier molecular flexibility index (Phi) is 3.06. The standard InChI is InChI=1S/C9H12ClN3O/c10-12-8-1-2-11-9(7-8)13-3-5-14-6-4-13/h1-2,7H,3-6H2,(H,11,12). The third kappa shape index (κ3) is 2.08. The summed E-state index contributed by atoms with van der Waals surface area (Å²) in [7, 11) is 0. The lowest BCUT2D eigenvalue weighted by Gasteiger charge is -2.27. The first-order valence-electron chi connectivity index (χ1n) is 4.55. The maximum absolute atomic E-state index is 5.52. The molecule has 1 aliphatic rings. The van der Waals surface area contributed by atoms with Gasteiger partial charge in [-0.15, -0.1) is 0 Å². The highest BCUT2D eigenvalue weighted by molar-refractivity contribution is 6.24. The van der Waals surface area contributed by atoms with E-state index in [0.717, 1.165) is 37.8 Å². The number of ether oxygens (including phenoxy) is 1. The second kappa shape index (κ2) is 4.48. The molecule has 1 aliphatic heterocycles. The number of morpholine rings is 1. The summed E-state index contributed by atoms with van der Waals surface area (Å²) in [6.45, 7) is 3.30. The second-order valence-corrected chi connectivity index (χ2v) is 3.29. The lowest BCUT2D eigenvalue weighted by molar-refractivity contribution is 0.122. The number of halogens is 1. The normalized spacial score (nSPS) is 16.8. The number of hydrogen-bond donors (Lipinski definition) is 1. The number of nitrogens with one attached hydrogen (secondary N) is 1. The van der Waals surface area contributed by atoms with Crippen LogP contribution in [0, 0.1) is 0 Å². The number of nitrogens with zero attached hydrogens (tertiary/aromatic N) is 2. The average Bonchev–Trinajstić information content (AvgIpc) is 2.30. The van der Waals surface area contributed by atoms with E-state index in [2.05, 4.69) is 14.7 Å². The van der Waals surface area contributed by atoms with Crippen LogP contribution < -0.4 is 9.74 Å². The summed E-state index contributed by atoms with van der Waals surface area (Å²) in [5.74, 6) is 0.943. The van der Waals surface area contributed by atoms with Crippen molar-refractivity contribution in [2.75, 3.05) is 36.0 Å². The SMILES string of the molecule is ClNc1ccnc(N2CCOCC2)c1. The monoisotopic (exact) mass is 213 g/mol. The molecule has 0 atom stereocenters. The second-order valence-electron chi connectivity index (χ2n) is 3.10. The molecule has 0 saturated carbocycles. The molecular weight excluding hydrogens is 202 g/mol. The molecule has 76 valence electrons. The van der Waals surface area contributed by atoms with Crippen molar-refractivity contribution in [3.8, 4) is 0 Å². The van der Waals surface area contributed by atoms with Crippen LogP contribution in [0.4, 0.5) is 11.5 Å². The fraction of sp³-hybridized carbons (Fsp3) is 0.444. The van der Waals surface area contributed by atoms with Gasteiger partial charge in [0.05, 0.1) is 18.9 Å². The van der Waals surface area contributed by atoms with Crippen LogP contribution in [0.1, 0.15) is 0 Å². The Balaban J connectivity index is 2.13. The van der Waals surface area contributed by atoms with Crippen LogP contribution in [0.5, 0.6) is 0 Å². The highest BCUT2D eigenvalue weighted by Crippen LogP contribution is 2.17. The minimum Gasteiger partial charge on any atom is -0.378 e. The van der Waals surface area contributed by atoms with Gasteiger partial charge in [-0.05, 0) is 6.07 Å². The van der Waals surface area contributed by atoms with Crippen molar-refractivity contribution in [1.82, 2.24) is 4.98 Å². The first kappa shape index (κ1) is 9.55. The molecule has 1 fully saturated rings. The van der Waals surface area contributed by atoms with Crippen LogP contribution in [0.25, 0.3) is 0 Å². The summed E-state index contributed by atoms with van der Waals surface area (Å²) >= 11 is 5.52. The van der Waals surface area contributed by atoms with Gasteiger partial charge in [0.2, 0.25) is 0 Å². The van der Waals surface area contributed by atoms with Crippen molar-refractivity contribution in [3.63, 3.8) is 0 Å². The van der Waals surface area contributed by atoms with Crippen LogP contribution in [-0.4, -0.2) is 31.3 Å². The molecule has 0 amide bonds. The van der Waals surface area contributed by atoms with Crippen LogP contribution >= 0.6 is 11.8 Å². The smallest absolute Gasteiger partial charge is 0.130 e. The minimum atomic E-state index is 0.764. The fourth-order valence-corrected chi connectivity index (χ4v) is 1.56. The van der Waals surface area contributed by atoms with Crippen molar-refractivity contribution < 1.29 is 4.74 Å². The van der Waals surface area contributed by atoms with E-state index in [-0.39, 0.29) is 0 Å². The number of rotatable bonds is 2. The molecule has 1 aromatic rings. The Labute approximate surface area is 87.9 Å². The third-order valence-electron chi connectivity index (χ3n) is 2.19. The Morgan fingerprint density at radius 1 is 1.43 bits per heavy atom. The highest BCUT2D eigenvalue weighted by atomic mass is 35.5. The number of pyridine rings is 1. The summed E-state index contributed by atoms with van der Waals surface area (Å²) in [6, 6.07) is 3.76. The van der Waals surface area contributed by atoms with Crippen LogP contribution in [0.3, 0.4) is 0 Å². The number of hydrogen-bond acceptors (Lipinski definition) is 4. The summed E-state index contributed by atoms with van der Waals surface area (Å²) in [5, 5.41) is 0. The zero-order valence-electron chi connectivity index (χ0n) is 7.74. The largest absolute Gasteiger partial charge is 0.378 e. The third-order valence-corrected chi connectivity index (χ3v) is 2.41. The van der Waals surface area contributed by atoms with Gasteiger partial charge in [-0.25, -0.2) is 4.98 Å².